The van der Waals surface area contributed by atoms with Crippen molar-refractivity contribution in [3.63, 3.8) is 0 Å². The number of amides is 2. The van der Waals surface area contributed by atoms with Crippen LogP contribution in [0.1, 0.15) is 233 Å². The van der Waals surface area contributed by atoms with Crippen molar-refractivity contribution in [2.75, 3.05) is 26.4 Å². The van der Waals surface area contributed by atoms with Gasteiger partial charge in [-0.25, -0.2) is 4.79 Å². The number of aliphatic hydroxyl groups excluding tert-OH is 11. The van der Waals surface area contributed by atoms with Crippen LogP contribution >= 0.6 is 0 Å². The highest BCUT2D eigenvalue weighted by Crippen LogP contribution is 2.38. The number of aliphatic hydroxyl groups is 11. The van der Waals surface area contributed by atoms with Gasteiger partial charge in [-0.15, -0.1) is 0 Å². The lowest BCUT2D eigenvalue weighted by Gasteiger charge is -2.50. The quantitative estimate of drug-likeness (QED) is 0.0380. The molecule has 0 radical (unpaired) electrons. The van der Waals surface area contributed by atoms with E-state index in [1.54, 1.807) is 0 Å². The zero-order valence-corrected chi connectivity index (χ0v) is 51.0. The second-order valence-corrected chi connectivity index (χ2v) is 24.0. The van der Waals surface area contributed by atoms with Gasteiger partial charge in [-0.05, 0) is 12.8 Å². The minimum Gasteiger partial charge on any atom is -0.477 e. The second kappa shape index (κ2) is 43.4. The summed E-state index contributed by atoms with van der Waals surface area (Å²) in [5.74, 6) is -6.10. The molecule has 494 valence electrons. The molecule has 0 saturated carbocycles. The molecule has 0 aromatic carbocycles. The Hall–Kier alpha value is -2.27. The van der Waals surface area contributed by atoms with Crippen molar-refractivity contribution < 1.29 is 104 Å². The molecule has 3 fully saturated rings. The van der Waals surface area contributed by atoms with Crippen LogP contribution in [0.4, 0.5) is 0 Å². The van der Waals surface area contributed by atoms with E-state index in [4.69, 9.17) is 28.4 Å². The third kappa shape index (κ3) is 26.8. The topological polar surface area (TPSA) is 373 Å². The number of unbranched alkanes of at least 4 members (excludes halogenated alkanes) is 28. The number of carbonyl (C=O) groups excluding carboxylic acids is 2. The Morgan fingerprint density at radius 3 is 1.49 bits per heavy atom. The second-order valence-electron chi connectivity index (χ2n) is 24.0. The smallest absolute Gasteiger partial charge is 0.364 e. The van der Waals surface area contributed by atoms with Crippen LogP contribution in [0, 0.1) is 0 Å². The molecule has 0 bridgehead atoms. The van der Waals surface area contributed by atoms with Crippen molar-refractivity contribution in [3.05, 3.63) is 0 Å². The van der Waals surface area contributed by atoms with Crippen molar-refractivity contribution in [2.24, 2.45) is 0 Å². The molecule has 3 aliphatic rings. The molecule has 0 aromatic rings. The van der Waals surface area contributed by atoms with E-state index >= 15 is 0 Å². The van der Waals surface area contributed by atoms with Gasteiger partial charge in [0.2, 0.25) is 11.8 Å². The summed E-state index contributed by atoms with van der Waals surface area (Å²) in [5, 5.41) is 136. The van der Waals surface area contributed by atoms with Gasteiger partial charge in [0.05, 0.1) is 50.7 Å². The number of hydrogen-bond donors (Lipinski definition) is 14. The van der Waals surface area contributed by atoms with E-state index in [2.05, 4.69) is 24.5 Å². The van der Waals surface area contributed by atoms with Gasteiger partial charge in [0.1, 0.15) is 67.1 Å². The molecule has 14 N–H and O–H groups in total. The normalized spacial score (nSPS) is 29.7. The minimum atomic E-state index is -3.08. The van der Waals surface area contributed by atoms with E-state index in [1.807, 2.05) is 0 Å². The number of carboxylic acid groups (broad SMARTS) is 1. The Bertz CT molecular complexity index is 1720. The Morgan fingerprint density at radius 1 is 0.571 bits per heavy atom. The van der Waals surface area contributed by atoms with Gasteiger partial charge < -0.3 is 100 Å². The summed E-state index contributed by atoms with van der Waals surface area (Å²) in [6, 6.07) is -2.52. The van der Waals surface area contributed by atoms with Crippen LogP contribution in [0.5, 0.6) is 0 Å². The fourth-order valence-electron chi connectivity index (χ4n) is 11.6. The Labute approximate surface area is 499 Å². The molecule has 3 rings (SSSR count). The maximum Gasteiger partial charge on any atom is 0.364 e. The Kier molecular flexibility index (Phi) is 39.3. The van der Waals surface area contributed by atoms with E-state index in [9.17, 15) is 75.7 Å². The molecule has 23 heteroatoms. The van der Waals surface area contributed by atoms with Crippen molar-refractivity contribution in [3.8, 4) is 0 Å². The standard InChI is InChI=1S/C61H114N2O21/c1-4-6-8-10-12-14-16-18-19-20-21-22-23-24-26-28-30-32-34-43(68)42(63-48(71)35-33-31-29-27-25-17-15-13-11-9-7-5-2)40-79-58-53(75)52(74)55(47(39-66)81-58)82-59-54(76)57(51(73)46(38-65)80-59)84-61(60(77)78)36-44(69)49(62-41(3)67)56(83-61)50(72)45(70)37-64/h42-47,49-59,64-66,68-70,72-76H,4-40H2,1-3H3,(H,62,67)(H,63,71)(H,77,78). The van der Waals surface area contributed by atoms with E-state index < -0.39 is 148 Å². The third-order valence-corrected chi connectivity index (χ3v) is 16.8. The van der Waals surface area contributed by atoms with Crippen LogP contribution in [0.25, 0.3) is 0 Å². The molecule has 3 saturated heterocycles. The highest BCUT2D eigenvalue weighted by Gasteiger charge is 2.60. The molecule has 3 aliphatic heterocycles. The lowest BCUT2D eigenvalue weighted by Crippen LogP contribution is -2.70. The summed E-state index contributed by atoms with van der Waals surface area (Å²) < 4.78 is 34.8. The maximum atomic E-state index is 13.4. The first kappa shape index (κ1) is 76.0. The molecule has 18 unspecified atom stereocenters. The van der Waals surface area contributed by atoms with E-state index in [1.165, 1.54) is 128 Å². The highest BCUT2D eigenvalue weighted by atomic mass is 16.8. The summed E-state index contributed by atoms with van der Waals surface area (Å²) >= 11 is 0. The molecular weight excluding hydrogens is 1100 g/mol. The average Bonchev–Trinajstić information content (AvgIpc) is 1.34. The average molecular weight is 1210 g/mol. The van der Waals surface area contributed by atoms with Gasteiger partial charge in [-0.1, -0.05) is 200 Å². The number of carbonyl (C=O) groups is 3. The summed E-state index contributed by atoms with van der Waals surface area (Å²) in [4.78, 5) is 38.4. The summed E-state index contributed by atoms with van der Waals surface area (Å²) in [5.41, 5.74) is 0. The fourth-order valence-corrected chi connectivity index (χ4v) is 11.6. The molecule has 23 nitrogen and oxygen atoms in total. The van der Waals surface area contributed by atoms with Gasteiger partial charge in [0, 0.05) is 19.8 Å². The van der Waals surface area contributed by atoms with Crippen LogP contribution in [0.15, 0.2) is 0 Å². The van der Waals surface area contributed by atoms with E-state index in [0.717, 1.165) is 58.3 Å². The zero-order chi connectivity index (χ0) is 61.9. The molecule has 0 aromatic heterocycles. The number of rotatable bonds is 48. The molecule has 0 aliphatic carbocycles. The number of ether oxygens (including phenoxy) is 6. The Balaban J connectivity index is 1.63. The predicted molar refractivity (Wildman–Crippen MR) is 311 cm³/mol. The van der Waals surface area contributed by atoms with E-state index in [0.29, 0.717) is 19.3 Å². The van der Waals surface area contributed by atoms with Gasteiger partial charge in [0.15, 0.2) is 12.6 Å². The first-order chi connectivity index (χ1) is 40.4. The van der Waals surface area contributed by atoms with Crippen molar-refractivity contribution in [2.45, 2.75) is 342 Å². The minimum absolute atomic E-state index is 0.228. The number of nitrogens with one attached hydrogen (secondary N) is 2. The highest BCUT2D eigenvalue weighted by molar-refractivity contribution is 5.77. The van der Waals surface area contributed by atoms with Crippen LogP contribution in [-0.4, -0.2) is 215 Å². The van der Waals surface area contributed by atoms with Gasteiger partial charge >= 0.3 is 5.97 Å². The lowest BCUT2D eigenvalue weighted by molar-refractivity contribution is -0.386. The van der Waals surface area contributed by atoms with Gasteiger partial charge in [-0.2, -0.15) is 0 Å². The number of hydrogen-bond acceptors (Lipinski definition) is 20. The summed E-state index contributed by atoms with van der Waals surface area (Å²) in [6.07, 6.45) is 6.91. The first-order valence-corrected chi connectivity index (χ1v) is 32.4. The monoisotopic (exact) mass is 1210 g/mol. The Morgan fingerprint density at radius 2 is 1.04 bits per heavy atom. The predicted octanol–water partition coefficient (Wildman–Crippen LogP) is 4.17. The molecule has 2 amide bonds. The third-order valence-electron chi connectivity index (χ3n) is 16.8. The van der Waals surface area contributed by atoms with Crippen molar-refractivity contribution >= 4 is 17.8 Å². The number of carboxylic acids is 1. The van der Waals surface area contributed by atoms with Gasteiger partial charge in [-0.3, -0.25) is 9.59 Å². The lowest BCUT2D eigenvalue weighted by atomic mass is 9.88. The van der Waals surface area contributed by atoms with E-state index in [-0.39, 0.29) is 18.9 Å². The van der Waals surface area contributed by atoms with Crippen LogP contribution in [0.3, 0.4) is 0 Å². The SMILES string of the molecule is CCCCCCCCCCCCCCCCCCCCC(O)C(COC1OC(CO)C(OC2OC(CO)C(O)C(OC3(C(=O)O)CC(O)C(NC(C)=O)C(C(O)C(O)CO)O3)C2O)C(O)C1O)NC(=O)CCCCCCCCCCCCCC. The summed E-state index contributed by atoms with van der Waals surface area (Å²) in [6.45, 7) is 2.19. The fraction of sp³-hybridized carbons (Fsp3) is 0.951. The van der Waals surface area contributed by atoms with Crippen LogP contribution in [-0.2, 0) is 42.8 Å². The number of aliphatic carboxylic acids is 1. The molecule has 0 spiro atoms. The first-order valence-electron chi connectivity index (χ1n) is 32.4. The van der Waals surface area contributed by atoms with Crippen LogP contribution < -0.4 is 10.6 Å². The largest absolute Gasteiger partial charge is 0.477 e. The molecular formula is C61H114N2O21. The maximum absolute atomic E-state index is 13.4. The van der Waals surface area contributed by atoms with Crippen molar-refractivity contribution in [1.29, 1.82) is 0 Å². The molecule has 18 atom stereocenters. The molecule has 84 heavy (non-hydrogen) atoms. The van der Waals surface area contributed by atoms with Crippen LogP contribution in [0.2, 0.25) is 0 Å². The summed E-state index contributed by atoms with van der Waals surface area (Å²) in [7, 11) is 0. The zero-order valence-electron chi connectivity index (χ0n) is 51.0. The van der Waals surface area contributed by atoms with Crippen molar-refractivity contribution in [1.82, 2.24) is 10.6 Å². The van der Waals surface area contributed by atoms with Gasteiger partial charge in [0.25, 0.3) is 5.79 Å². The molecule has 3 heterocycles.